The maximum absolute atomic E-state index is 11.0. The van der Waals surface area contributed by atoms with Crippen LogP contribution in [0.15, 0.2) is 24.3 Å². The van der Waals surface area contributed by atoms with E-state index in [2.05, 4.69) is 26.0 Å². The minimum atomic E-state index is -0.201. The molecule has 3 heteroatoms. The number of rotatable bonds is 1. The molecule has 3 fully saturated rings. The van der Waals surface area contributed by atoms with Crippen molar-refractivity contribution in [3.63, 3.8) is 0 Å². The van der Waals surface area contributed by atoms with E-state index in [1.54, 1.807) is 0 Å². The Kier molecular flexibility index (Phi) is 2.99. The van der Waals surface area contributed by atoms with E-state index in [4.69, 9.17) is 16.3 Å². The Morgan fingerprint density at radius 1 is 1.24 bits per heavy atom. The summed E-state index contributed by atoms with van der Waals surface area (Å²) in [6.45, 7) is 5.23. The Hall–Kier alpha value is -0.570. The van der Waals surface area contributed by atoms with Crippen molar-refractivity contribution >= 4 is 11.6 Å². The lowest BCUT2D eigenvalue weighted by Crippen LogP contribution is -2.51. The third-order valence-electron chi connectivity index (χ3n) is 6.63. The molecular formula is C18H23ClO2. The summed E-state index contributed by atoms with van der Waals surface area (Å²) in [4.78, 5) is 0. The Morgan fingerprint density at radius 3 is 2.62 bits per heavy atom. The summed E-state index contributed by atoms with van der Waals surface area (Å²) in [5.41, 5.74) is 1.33. The molecule has 5 atom stereocenters. The van der Waals surface area contributed by atoms with E-state index in [9.17, 15) is 5.11 Å². The van der Waals surface area contributed by atoms with Crippen LogP contribution in [0.5, 0.6) is 0 Å². The van der Waals surface area contributed by atoms with E-state index >= 15 is 0 Å². The van der Waals surface area contributed by atoms with Crippen LogP contribution in [0.25, 0.3) is 0 Å². The zero-order valence-corrected chi connectivity index (χ0v) is 13.4. The number of aliphatic hydroxyl groups excluding tert-OH is 1. The molecule has 114 valence electrons. The van der Waals surface area contributed by atoms with Gasteiger partial charge in [-0.25, -0.2) is 0 Å². The predicted octanol–water partition coefficient (Wildman–Crippen LogP) is 4.21. The normalized spacial score (nSPS) is 43.8. The van der Waals surface area contributed by atoms with Crippen molar-refractivity contribution in [3.8, 4) is 0 Å². The third-order valence-corrected chi connectivity index (χ3v) is 6.89. The molecule has 4 rings (SSSR count). The number of fused-ring (bicyclic) bond motifs is 1. The Morgan fingerprint density at radius 2 is 1.95 bits per heavy atom. The fraction of sp³-hybridized carbons (Fsp3) is 0.667. The van der Waals surface area contributed by atoms with Gasteiger partial charge in [0.05, 0.1) is 12.2 Å². The van der Waals surface area contributed by atoms with Gasteiger partial charge in [-0.3, -0.25) is 0 Å². The summed E-state index contributed by atoms with van der Waals surface area (Å²) >= 11 is 6.00. The van der Waals surface area contributed by atoms with Crippen molar-refractivity contribution < 1.29 is 9.84 Å². The fourth-order valence-corrected chi connectivity index (χ4v) is 5.53. The molecule has 2 aliphatic carbocycles. The van der Waals surface area contributed by atoms with Crippen molar-refractivity contribution in [1.29, 1.82) is 0 Å². The van der Waals surface area contributed by atoms with Crippen LogP contribution in [0.3, 0.4) is 0 Å². The minimum Gasteiger partial charge on any atom is -0.392 e. The predicted molar refractivity (Wildman–Crippen MR) is 83.2 cm³/mol. The van der Waals surface area contributed by atoms with Gasteiger partial charge in [-0.2, -0.15) is 0 Å². The van der Waals surface area contributed by atoms with Gasteiger partial charge in [0.2, 0.25) is 0 Å². The molecule has 1 heterocycles. The van der Waals surface area contributed by atoms with Crippen LogP contribution in [0.4, 0.5) is 0 Å². The fourth-order valence-electron chi connectivity index (χ4n) is 5.40. The van der Waals surface area contributed by atoms with Crippen LogP contribution in [-0.2, 0) is 4.74 Å². The summed E-state index contributed by atoms with van der Waals surface area (Å²) in [5.74, 6) is 1.06. The second-order valence-electron chi connectivity index (χ2n) is 7.79. The van der Waals surface area contributed by atoms with E-state index in [1.165, 1.54) is 18.4 Å². The van der Waals surface area contributed by atoms with Gasteiger partial charge in [0.25, 0.3) is 0 Å². The van der Waals surface area contributed by atoms with Gasteiger partial charge in [0.1, 0.15) is 0 Å². The van der Waals surface area contributed by atoms with Crippen molar-refractivity contribution in [1.82, 2.24) is 0 Å². The number of ether oxygens (including phenoxy) is 1. The molecule has 1 saturated heterocycles. The van der Waals surface area contributed by atoms with E-state index in [0.29, 0.717) is 11.8 Å². The second kappa shape index (κ2) is 4.47. The number of hydrogen-bond donors (Lipinski definition) is 1. The molecule has 0 unspecified atom stereocenters. The molecule has 2 nitrogen and oxygen atoms in total. The van der Waals surface area contributed by atoms with Crippen LogP contribution in [0.1, 0.15) is 44.8 Å². The summed E-state index contributed by atoms with van der Waals surface area (Å²) in [6.07, 6.45) is 3.26. The van der Waals surface area contributed by atoms with Crippen LogP contribution in [0.2, 0.25) is 5.02 Å². The maximum Gasteiger partial charge on any atom is 0.0859 e. The van der Waals surface area contributed by atoms with Crippen molar-refractivity contribution in [3.05, 3.63) is 34.9 Å². The van der Waals surface area contributed by atoms with Gasteiger partial charge >= 0.3 is 0 Å². The van der Waals surface area contributed by atoms with Gasteiger partial charge in [-0.1, -0.05) is 37.6 Å². The number of hydrogen-bond acceptors (Lipinski definition) is 2. The molecule has 0 aromatic heterocycles. The smallest absolute Gasteiger partial charge is 0.0859 e. The Balaban J connectivity index is 1.70. The summed E-state index contributed by atoms with van der Waals surface area (Å²) < 4.78 is 6.13. The molecule has 0 radical (unpaired) electrons. The summed E-state index contributed by atoms with van der Waals surface area (Å²) in [7, 11) is 0. The lowest BCUT2D eigenvalue weighted by Gasteiger charge is -2.51. The first-order valence-corrected chi connectivity index (χ1v) is 8.38. The molecule has 1 N–H and O–H groups in total. The molecule has 1 aromatic carbocycles. The number of halogens is 1. The lowest BCUT2D eigenvalue weighted by atomic mass is 9.60. The van der Waals surface area contributed by atoms with Gasteiger partial charge < -0.3 is 9.84 Å². The first-order chi connectivity index (χ1) is 9.95. The molecule has 1 aliphatic heterocycles. The molecule has 0 amide bonds. The van der Waals surface area contributed by atoms with Gasteiger partial charge in [0, 0.05) is 17.0 Å². The zero-order valence-electron chi connectivity index (χ0n) is 12.7. The average molecular weight is 307 g/mol. The van der Waals surface area contributed by atoms with Gasteiger partial charge in [-0.05, 0) is 54.2 Å². The van der Waals surface area contributed by atoms with Crippen LogP contribution < -0.4 is 0 Å². The van der Waals surface area contributed by atoms with E-state index in [-0.39, 0.29) is 23.0 Å². The topological polar surface area (TPSA) is 29.5 Å². The number of benzene rings is 1. The number of aliphatic hydroxyl groups is 1. The van der Waals surface area contributed by atoms with E-state index in [1.807, 2.05) is 12.1 Å². The Bertz CT molecular complexity index is 553. The molecular weight excluding hydrogens is 284 g/mol. The highest BCUT2D eigenvalue weighted by atomic mass is 35.5. The zero-order chi connectivity index (χ0) is 14.8. The van der Waals surface area contributed by atoms with Gasteiger partial charge in [-0.15, -0.1) is 0 Å². The van der Waals surface area contributed by atoms with Crippen LogP contribution >= 0.6 is 11.6 Å². The third kappa shape index (κ3) is 1.79. The summed E-state index contributed by atoms with van der Waals surface area (Å²) in [6, 6.07) is 8.04. The lowest BCUT2D eigenvalue weighted by molar-refractivity contribution is -0.164. The molecule has 3 aliphatic rings. The van der Waals surface area contributed by atoms with Gasteiger partial charge in [0.15, 0.2) is 0 Å². The van der Waals surface area contributed by atoms with Crippen LogP contribution in [-0.4, -0.2) is 17.8 Å². The second-order valence-corrected chi connectivity index (χ2v) is 8.23. The quantitative estimate of drug-likeness (QED) is 0.842. The highest BCUT2D eigenvalue weighted by Crippen LogP contribution is 2.70. The summed E-state index contributed by atoms with van der Waals surface area (Å²) in [5, 5.41) is 11.7. The maximum atomic E-state index is 11.0. The first kappa shape index (κ1) is 14.0. The van der Waals surface area contributed by atoms with Crippen molar-refractivity contribution in [2.75, 3.05) is 6.61 Å². The average Bonchev–Trinajstić information content (AvgIpc) is 2.94. The van der Waals surface area contributed by atoms with Crippen molar-refractivity contribution in [2.24, 2.45) is 22.7 Å². The van der Waals surface area contributed by atoms with Crippen molar-refractivity contribution in [2.45, 2.75) is 45.3 Å². The minimum absolute atomic E-state index is 0.0540. The largest absolute Gasteiger partial charge is 0.392 e. The van der Waals surface area contributed by atoms with Crippen LogP contribution in [0, 0.1) is 22.7 Å². The first-order valence-electron chi connectivity index (χ1n) is 8.00. The monoisotopic (exact) mass is 306 g/mol. The highest BCUT2D eigenvalue weighted by Gasteiger charge is 2.67. The van der Waals surface area contributed by atoms with E-state index in [0.717, 1.165) is 18.1 Å². The molecule has 1 aromatic rings. The molecule has 21 heavy (non-hydrogen) atoms. The molecule has 2 saturated carbocycles. The highest BCUT2D eigenvalue weighted by molar-refractivity contribution is 6.30. The Labute approximate surface area is 131 Å². The SMILES string of the molecule is CC1(C)[C@@H]2C[C@@H]3[C@@H](c4ccc(Cl)cc4)OCC[C@@]3(C2)[C@@H]1O. The molecule has 1 spiro atoms. The van der Waals surface area contributed by atoms with E-state index < -0.39 is 0 Å². The standard InChI is InChI=1S/C18H23ClO2/c1-17(2)12-9-14-15(11-3-5-13(19)6-4-11)21-8-7-18(14,10-12)16(17)20/h3-6,12,14-16,20H,7-10H2,1-2H3/t12-,14-,15-,16-,18+/m1/s1. The molecule has 2 bridgehead atoms.